The predicted octanol–water partition coefficient (Wildman–Crippen LogP) is -0.859. The zero-order chi connectivity index (χ0) is 14.7. The summed E-state index contributed by atoms with van der Waals surface area (Å²) in [4.78, 5) is 28.8. The van der Waals surface area contributed by atoms with E-state index in [2.05, 4.69) is 9.72 Å². The minimum absolute atomic E-state index is 0.117. The van der Waals surface area contributed by atoms with Crippen molar-refractivity contribution in [3.8, 4) is 0 Å². The second-order valence-corrected chi connectivity index (χ2v) is 4.29. The summed E-state index contributed by atoms with van der Waals surface area (Å²) in [7, 11) is 1.26. The molecule has 1 amide bonds. The largest absolute Gasteiger partial charge is 0.464 e. The Morgan fingerprint density at radius 3 is 2.90 bits per heavy atom. The lowest BCUT2D eigenvalue weighted by molar-refractivity contribution is -0.121. The molecule has 1 aromatic heterocycles. The van der Waals surface area contributed by atoms with Crippen molar-refractivity contribution >= 4 is 23.4 Å². The number of hydrogen-bond acceptors (Lipinski definition) is 7. The minimum atomic E-state index is -0.661. The molecule has 1 saturated heterocycles. The molecule has 4 N–H and O–H groups in total. The smallest absolute Gasteiger partial charge is 0.356 e. The lowest BCUT2D eigenvalue weighted by atomic mass is 10.2. The van der Waals surface area contributed by atoms with Crippen LogP contribution in [0.5, 0.6) is 0 Å². The second-order valence-electron chi connectivity index (χ2n) is 4.29. The van der Waals surface area contributed by atoms with E-state index in [1.54, 1.807) is 11.0 Å². The van der Waals surface area contributed by atoms with E-state index in [4.69, 9.17) is 16.2 Å². The van der Waals surface area contributed by atoms with Crippen LogP contribution in [-0.4, -0.2) is 49.8 Å². The number of hydrogen-bond donors (Lipinski definition) is 2. The molecule has 20 heavy (non-hydrogen) atoms. The fourth-order valence-corrected chi connectivity index (χ4v) is 2.00. The van der Waals surface area contributed by atoms with Gasteiger partial charge in [0.05, 0.1) is 26.0 Å². The summed E-state index contributed by atoms with van der Waals surface area (Å²) in [6.07, 6.45) is 0. The van der Waals surface area contributed by atoms with Gasteiger partial charge in [0, 0.05) is 6.54 Å². The number of morpholine rings is 1. The molecule has 1 aromatic rings. The lowest BCUT2D eigenvalue weighted by Gasteiger charge is -2.35. The summed E-state index contributed by atoms with van der Waals surface area (Å²) in [6, 6.07) is 2.35. The molecule has 8 nitrogen and oxygen atoms in total. The number of ether oxygens (including phenoxy) is 2. The molecule has 0 radical (unpaired) electrons. The maximum Gasteiger partial charge on any atom is 0.356 e. The number of esters is 1. The van der Waals surface area contributed by atoms with E-state index in [1.165, 1.54) is 13.2 Å². The number of nitrogens with two attached hydrogens (primary N) is 2. The molecule has 0 spiro atoms. The fraction of sp³-hybridized carbons (Fsp3) is 0.417. The van der Waals surface area contributed by atoms with E-state index in [1.807, 2.05) is 0 Å². The molecule has 0 aromatic carbocycles. The molecular formula is C12H16N4O4. The van der Waals surface area contributed by atoms with Gasteiger partial charge in [0.15, 0.2) is 11.5 Å². The SMILES string of the molecule is COC(=O)c1ccc(N)c(N2CCOCC2C(N)=O)n1. The van der Waals surface area contributed by atoms with Crippen molar-refractivity contribution in [3.63, 3.8) is 0 Å². The van der Waals surface area contributed by atoms with Crippen molar-refractivity contribution in [1.82, 2.24) is 4.98 Å². The molecule has 1 aliphatic rings. The number of anilines is 2. The van der Waals surface area contributed by atoms with Crippen LogP contribution in [-0.2, 0) is 14.3 Å². The number of rotatable bonds is 3. The zero-order valence-electron chi connectivity index (χ0n) is 11.0. The molecule has 1 atom stereocenters. The quantitative estimate of drug-likeness (QED) is 0.691. The molecule has 0 aliphatic carbocycles. The van der Waals surface area contributed by atoms with Crippen LogP contribution in [0.25, 0.3) is 0 Å². The number of pyridine rings is 1. The van der Waals surface area contributed by atoms with Gasteiger partial charge in [0.2, 0.25) is 5.91 Å². The van der Waals surface area contributed by atoms with Crippen molar-refractivity contribution in [2.45, 2.75) is 6.04 Å². The number of amides is 1. The topological polar surface area (TPSA) is 121 Å². The Balaban J connectivity index is 2.39. The first-order valence-electron chi connectivity index (χ1n) is 6.03. The highest BCUT2D eigenvalue weighted by Crippen LogP contribution is 2.24. The highest BCUT2D eigenvalue weighted by atomic mass is 16.5. The number of aromatic nitrogens is 1. The molecule has 1 fully saturated rings. The van der Waals surface area contributed by atoms with E-state index in [0.29, 0.717) is 24.7 Å². The number of nitrogens with zero attached hydrogens (tertiary/aromatic N) is 2. The summed E-state index contributed by atoms with van der Waals surface area (Å²) in [6.45, 7) is 1.00. The number of methoxy groups -OCH3 is 1. The Morgan fingerprint density at radius 2 is 2.25 bits per heavy atom. The molecule has 0 bridgehead atoms. The number of nitrogen functional groups attached to an aromatic ring is 1. The summed E-state index contributed by atoms with van der Waals surface area (Å²) in [5, 5.41) is 0. The Morgan fingerprint density at radius 1 is 1.50 bits per heavy atom. The first-order valence-corrected chi connectivity index (χ1v) is 6.03. The van der Waals surface area contributed by atoms with E-state index in [0.717, 1.165) is 0 Å². The van der Waals surface area contributed by atoms with Gasteiger partial charge in [0.25, 0.3) is 0 Å². The summed E-state index contributed by atoms with van der Waals surface area (Å²) in [5.41, 5.74) is 11.7. The molecule has 108 valence electrons. The van der Waals surface area contributed by atoms with Gasteiger partial charge in [-0.2, -0.15) is 0 Å². The fourth-order valence-electron chi connectivity index (χ4n) is 2.00. The Bertz CT molecular complexity index is 534. The van der Waals surface area contributed by atoms with Crippen molar-refractivity contribution < 1.29 is 19.1 Å². The van der Waals surface area contributed by atoms with Gasteiger partial charge in [-0.1, -0.05) is 0 Å². The van der Waals surface area contributed by atoms with Crippen molar-refractivity contribution in [2.75, 3.05) is 37.5 Å². The van der Waals surface area contributed by atoms with Crippen LogP contribution in [0.15, 0.2) is 12.1 Å². The van der Waals surface area contributed by atoms with E-state index in [9.17, 15) is 9.59 Å². The van der Waals surface area contributed by atoms with Gasteiger partial charge < -0.3 is 25.8 Å². The van der Waals surface area contributed by atoms with Crippen LogP contribution >= 0.6 is 0 Å². The standard InChI is InChI=1S/C12H16N4O4/c1-19-12(18)8-3-2-7(13)11(15-8)16-4-5-20-6-9(16)10(14)17/h2-3,9H,4-6,13H2,1H3,(H2,14,17). The lowest BCUT2D eigenvalue weighted by Crippen LogP contribution is -2.53. The molecule has 2 rings (SSSR count). The van der Waals surface area contributed by atoms with E-state index < -0.39 is 17.9 Å². The normalized spacial score (nSPS) is 18.6. The molecule has 0 saturated carbocycles. The predicted molar refractivity (Wildman–Crippen MR) is 71.1 cm³/mol. The highest BCUT2D eigenvalue weighted by Gasteiger charge is 2.30. The Kier molecular flexibility index (Phi) is 4.04. The molecule has 1 aliphatic heterocycles. The monoisotopic (exact) mass is 280 g/mol. The van der Waals surface area contributed by atoms with Crippen LogP contribution < -0.4 is 16.4 Å². The van der Waals surface area contributed by atoms with Crippen molar-refractivity contribution in [3.05, 3.63) is 17.8 Å². The average Bonchev–Trinajstić information content (AvgIpc) is 2.47. The van der Waals surface area contributed by atoms with Crippen molar-refractivity contribution in [1.29, 1.82) is 0 Å². The van der Waals surface area contributed by atoms with E-state index in [-0.39, 0.29) is 12.3 Å². The Labute approximate surface area is 115 Å². The van der Waals surface area contributed by atoms with Crippen LogP contribution in [0.3, 0.4) is 0 Å². The number of carbonyl (C=O) groups excluding carboxylic acids is 2. The highest BCUT2D eigenvalue weighted by molar-refractivity contribution is 5.89. The third kappa shape index (κ3) is 2.64. The van der Waals surface area contributed by atoms with Crippen molar-refractivity contribution in [2.24, 2.45) is 5.73 Å². The molecule has 8 heteroatoms. The second kappa shape index (κ2) is 5.74. The molecule has 2 heterocycles. The van der Waals surface area contributed by atoms with Gasteiger partial charge in [-0.05, 0) is 12.1 Å². The van der Waals surface area contributed by atoms with Gasteiger partial charge in [-0.25, -0.2) is 9.78 Å². The number of carbonyl (C=O) groups is 2. The van der Waals surface area contributed by atoms with Crippen LogP contribution in [0.1, 0.15) is 10.5 Å². The van der Waals surface area contributed by atoms with Gasteiger partial charge in [-0.15, -0.1) is 0 Å². The summed E-state index contributed by atoms with van der Waals surface area (Å²) in [5.74, 6) is -0.774. The third-order valence-corrected chi connectivity index (χ3v) is 3.03. The zero-order valence-corrected chi connectivity index (χ0v) is 11.0. The first-order chi connectivity index (χ1) is 9.54. The number of primary amides is 1. The Hall–Kier alpha value is -2.35. The van der Waals surface area contributed by atoms with Crippen LogP contribution in [0, 0.1) is 0 Å². The average molecular weight is 280 g/mol. The van der Waals surface area contributed by atoms with Crippen LogP contribution in [0.4, 0.5) is 11.5 Å². The summed E-state index contributed by atoms with van der Waals surface area (Å²) < 4.78 is 9.85. The van der Waals surface area contributed by atoms with E-state index >= 15 is 0 Å². The first kappa shape index (κ1) is 14.1. The third-order valence-electron chi connectivity index (χ3n) is 3.03. The van der Waals surface area contributed by atoms with Gasteiger partial charge in [-0.3, -0.25) is 4.79 Å². The minimum Gasteiger partial charge on any atom is -0.464 e. The molecule has 1 unspecified atom stereocenters. The van der Waals surface area contributed by atoms with Gasteiger partial charge in [0.1, 0.15) is 6.04 Å². The molecular weight excluding hydrogens is 264 g/mol. The van der Waals surface area contributed by atoms with Gasteiger partial charge >= 0.3 is 5.97 Å². The summed E-state index contributed by atoms with van der Waals surface area (Å²) >= 11 is 0. The maximum absolute atomic E-state index is 11.5. The maximum atomic E-state index is 11.5. The van der Waals surface area contributed by atoms with Crippen LogP contribution in [0.2, 0.25) is 0 Å².